The number of nitrogens with zero attached hydrogens (tertiary/aromatic N) is 1. The molecule has 0 radical (unpaired) electrons. The van der Waals surface area contributed by atoms with Gasteiger partial charge in [0.25, 0.3) is 0 Å². The zero-order chi connectivity index (χ0) is 13.0. The maximum atomic E-state index is 12.4. The van der Waals surface area contributed by atoms with Gasteiger partial charge in [0, 0.05) is 18.7 Å². The van der Waals surface area contributed by atoms with Crippen LogP contribution in [0.4, 0.5) is 0 Å². The molecule has 18 heavy (non-hydrogen) atoms. The highest BCUT2D eigenvalue weighted by molar-refractivity contribution is 5.99. The van der Waals surface area contributed by atoms with Gasteiger partial charge in [-0.1, -0.05) is 30.7 Å². The number of hydrogen-bond donors (Lipinski definition) is 0. The van der Waals surface area contributed by atoms with E-state index in [0.717, 1.165) is 37.2 Å². The summed E-state index contributed by atoms with van der Waals surface area (Å²) in [5, 5.41) is 0. The van der Waals surface area contributed by atoms with E-state index >= 15 is 0 Å². The highest BCUT2D eigenvalue weighted by atomic mass is 16.5. The minimum Gasteiger partial charge on any atom is -0.367 e. The standard InChI is InChI=1S/C15H21NO2/c1-3-7-16-8-9-18-14(11-16)15(17)13-6-4-5-12(2)10-13/h4-6,10,14H,3,7-9,11H2,1-2H3. The molecule has 3 nitrogen and oxygen atoms in total. The lowest BCUT2D eigenvalue weighted by atomic mass is 10.0. The van der Waals surface area contributed by atoms with Crippen LogP contribution in [-0.2, 0) is 4.74 Å². The molecule has 3 heteroatoms. The Hall–Kier alpha value is -1.19. The van der Waals surface area contributed by atoms with Crippen LogP contribution < -0.4 is 0 Å². The van der Waals surface area contributed by atoms with E-state index in [1.807, 2.05) is 31.2 Å². The molecule has 0 aliphatic carbocycles. The van der Waals surface area contributed by atoms with Gasteiger partial charge in [-0.2, -0.15) is 0 Å². The molecule has 0 spiro atoms. The minimum atomic E-state index is -0.299. The van der Waals surface area contributed by atoms with E-state index < -0.39 is 0 Å². The third-order valence-electron chi connectivity index (χ3n) is 3.29. The Bertz CT molecular complexity index is 415. The zero-order valence-corrected chi connectivity index (χ0v) is 11.2. The van der Waals surface area contributed by atoms with Gasteiger partial charge in [0.2, 0.25) is 0 Å². The molecule has 0 amide bonds. The van der Waals surface area contributed by atoms with E-state index in [1.165, 1.54) is 0 Å². The quantitative estimate of drug-likeness (QED) is 0.765. The molecule has 0 aromatic heterocycles. The van der Waals surface area contributed by atoms with Gasteiger partial charge >= 0.3 is 0 Å². The largest absolute Gasteiger partial charge is 0.367 e. The fraction of sp³-hybridized carbons (Fsp3) is 0.533. The fourth-order valence-corrected chi connectivity index (χ4v) is 2.36. The molecule has 0 saturated carbocycles. The van der Waals surface area contributed by atoms with Crippen LogP contribution in [0.1, 0.15) is 29.3 Å². The maximum absolute atomic E-state index is 12.4. The molecular formula is C15H21NO2. The van der Waals surface area contributed by atoms with Gasteiger partial charge in [-0.3, -0.25) is 9.69 Å². The molecule has 98 valence electrons. The van der Waals surface area contributed by atoms with Crippen molar-refractivity contribution in [2.24, 2.45) is 0 Å². The summed E-state index contributed by atoms with van der Waals surface area (Å²) >= 11 is 0. The second-order valence-electron chi connectivity index (χ2n) is 4.89. The van der Waals surface area contributed by atoms with E-state index in [1.54, 1.807) is 0 Å². The summed E-state index contributed by atoms with van der Waals surface area (Å²) in [6, 6.07) is 7.74. The van der Waals surface area contributed by atoms with E-state index in [4.69, 9.17) is 4.74 Å². The molecule has 1 aliphatic rings. The maximum Gasteiger partial charge on any atom is 0.192 e. The summed E-state index contributed by atoms with van der Waals surface area (Å²) in [6.45, 7) is 7.52. The Morgan fingerprint density at radius 3 is 3.06 bits per heavy atom. The average molecular weight is 247 g/mol. The average Bonchev–Trinajstić information content (AvgIpc) is 2.39. The lowest BCUT2D eigenvalue weighted by Gasteiger charge is -2.31. The number of Topliss-reactive ketones (excluding diaryl/α,β-unsaturated/α-hetero) is 1. The number of morpholine rings is 1. The Morgan fingerprint density at radius 1 is 1.50 bits per heavy atom. The van der Waals surface area contributed by atoms with Crippen LogP contribution in [0.2, 0.25) is 0 Å². The Morgan fingerprint density at radius 2 is 2.33 bits per heavy atom. The third-order valence-corrected chi connectivity index (χ3v) is 3.29. The van der Waals surface area contributed by atoms with E-state index in [0.29, 0.717) is 6.61 Å². The monoisotopic (exact) mass is 247 g/mol. The number of carbonyl (C=O) groups is 1. The van der Waals surface area contributed by atoms with Crippen molar-refractivity contribution < 1.29 is 9.53 Å². The van der Waals surface area contributed by atoms with Crippen molar-refractivity contribution in [1.29, 1.82) is 0 Å². The molecule has 1 aliphatic heterocycles. The number of ether oxygens (including phenoxy) is 1. The number of carbonyl (C=O) groups excluding carboxylic acids is 1. The Balaban J connectivity index is 2.04. The SMILES string of the molecule is CCCN1CCOC(C(=O)c2cccc(C)c2)C1. The van der Waals surface area contributed by atoms with E-state index in [-0.39, 0.29) is 11.9 Å². The van der Waals surface area contributed by atoms with Gasteiger partial charge in [0.15, 0.2) is 5.78 Å². The van der Waals surface area contributed by atoms with Crippen molar-refractivity contribution in [1.82, 2.24) is 4.90 Å². The smallest absolute Gasteiger partial charge is 0.192 e. The second kappa shape index (κ2) is 6.12. The highest BCUT2D eigenvalue weighted by Crippen LogP contribution is 2.13. The number of rotatable bonds is 4. The number of hydrogen-bond acceptors (Lipinski definition) is 3. The fourth-order valence-electron chi connectivity index (χ4n) is 2.36. The summed E-state index contributed by atoms with van der Waals surface area (Å²) in [5.41, 5.74) is 1.88. The molecular weight excluding hydrogens is 226 g/mol. The van der Waals surface area contributed by atoms with Crippen LogP contribution >= 0.6 is 0 Å². The van der Waals surface area contributed by atoms with E-state index in [2.05, 4.69) is 11.8 Å². The molecule has 1 heterocycles. The summed E-state index contributed by atoms with van der Waals surface area (Å²) in [6.07, 6.45) is 0.817. The summed E-state index contributed by atoms with van der Waals surface area (Å²) < 4.78 is 5.62. The molecule has 1 unspecified atom stereocenters. The van der Waals surface area contributed by atoms with Gasteiger partial charge in [0.05, 0.1) is 6.61 Å². The van der Waals surface area contributed by atoms with Gasteiger partial charge in [-0.25, -0.2) is 0 Å². The number of aryl methyl sites for hydroxylation is 1. The Kier molecular flexibility index (Phi) is 4.50. The van der Waals surface area contributed by atoms with Crippen molar-refractivity contribution >= 4 is 5.78 Å². The van der Waals surface area contributed by atoms with Gasteiger partial charge in [0.1, 0.15) is 6.10 Å². The molecule has 1 aromatic rings. The lowest BCUT2D eigenvalue weighted by Crippen LogP contribution is -2.46. The Labute approximate surface area is 109 Å². The van der Waals surface area contributed by atoms with Crippen LogP contribution in [0.5, 0.6) is 0 Å². The predicted molar refractivity (Wildman–Crippen MR) is 72.0 cm³/mol. The summed E-state index contributed by atoms with van der Waals surface area (Å²) in [7, 11) is 0. The van der Waals surface area contributed by atoms with Gasteiger partial charge in [-0.05, 0) is 26.0 Å². The van der Waals surface area contributed by atoms with Crippen molar-refractivity contribution in [2.75, 3.05) is 26.2 Å². The first-order valence-corrected chi connectivity index (χ1v) is 6.65. The van der Waals surface area contributed by atoms with Crippen LogP contribution in [0.25, 0.3) is 0 Å². The first-order valence-electron chi connectivity index (χ1n) is 6.65. The molecule has 2 rings (SSSR count). The molecule has 0 N–H and O–H groups in total. The molecule has 1 saturated heterocycles. The van der Waals surface area contributed by atoms with Crippen LogP contribution in [0.15, 0.2) is 24.3 Å². The topological polar surface area (TPSA) is 29.5 Å². The van der Waals surface area contributed by atoms with Crippen molar-refractivity contribution in [3.63, 3.8) is 0 Å². The van der Waals surface area contributed by atoms with E-state index in [9.17, 15) is 4.79 Å². The van der Waals surface area contributed by atoms with Crippen molar-refractivity contribution in [3.05, 3.63) is 35.4 Å². The van der Waals surface area contributed by atoms with Crippen LogP contribution in [-0.4, -0.2) is 43.0 Å². The molecule has 1 fully saturated rings. The third kappa shape index (κ3) is 3.18. The van der Waals surface area contributed by atoms with Gasteiger partial charge in [-0.15, -0.1) is 0 Å². The normalized spacial score (nSPS) is 20.9. The van der Waals surface area contributed by atoms with Gasteiger partial charge < -0.3 is 4.74 Å². The second-order valence-corrected chi connectivity index (χ2v) is 4.89. The molecule has 0 bridgehead atoms. The zero-order valence-electron chi connectivity index (χ0n) is 11.2. The summed E-state index contributed by atoms with van der Waals surface area (Å²) in [4.78, 5) is 14.7. The summed E-state index contributed by atoms with van der Waals surface area (Å²) in [5.74, 6) is 0.111. The molecule has 1 atom stereocenters. The lowest BCUT2D eigenvalue weighted by molar-refractivity contribution is -0.0163. The highest BCUT2D eigenvalue weighted by Gasteiger charge is 2.26. The minimum absolute atomic E-state index is 0.111. The predicted octanol–water partition coefficient (Wildman–Crippen LogP) is 2.29. The first kappa shape index (κ1) is 13.2. The van der Waals surface area contributed by atoms with Crippen molar-refractivity contribution in [3.8, 4) is 0 Å². The first-order chi connectivity index (χ1) is 8.70. The molecule has 1 aromatic carbocycles. The van der Waals surface area contributed by atoms with Crippen molar-refractivity contribution in [2.45, 2.75) is 26.4 Å². The van der Waals surface area contributed by atoms with Crippen LogP contribution in [0, 0.1) is 6.92 Å². The number of ketones is 1. The number of benzene rings is 1. The van der Waals surface area contributed by atoms with Crippen LogP contribution in [0.3, 0.4) is 0 Å².